The molecule has 21 heavy (non-hydrogen) atoms. The van der Waals surface area contributed by atoms with Gasteiger partial charge in [0.25, 0.3) is 5.91 Å². The predicted molar refractivity (Wildman–Crippen MR) is 85.4 cm³/mol. The van der Waals surface area contributed by atoms with Gasteiger partial charge in [0.05, 0.1) is 5.56 Å². The number of nitrogens with zero attached hydrogens (tertiary/aromatic N) is 1. The Morgan fingerprint density at radius 2 is 2.14 bits per heavy atom. The fraction of sp³-hybridized carbons (Fsp3) is 0.625. The molecule has 0 saturated heterocycles. The fourth-order valence-electron chi connectivity index (χ4n) is 2.25. The summed E-state index contributed by atoms with van der Waals surface area (Å²) >= 11 is 0. The molecule has 0 spiro atoms. The topological polar surface area (TPSA) is 74.2 Å². The summed E-state index contributed by atoms with van der Waals surface area (Å²) in [5, 5.41) is 15.2. The number of hydrogen-bond donors (Lipinski definition) is 3. The van der Waals surface area contributed by atoms with Gasteiger partial charge >= 0.3 is 0 Å². The molecule has 0 aromatic carbocycles. The average molecular weight is 293 g/mol. The number of aromatic nitrogens is 1. The second-order valence-corrected chi connectivity index (χ2v) is 5.58. The standard InChI is InChI=1S/C16H27N3O2/c1-4-6-13(8-10-20)11-18-16(21)14-7-5-9-17-15(14)19-12(2)3/h5,7,9,12-13,20H,4,6,8,10-11H2,1-3H3,(H,17,19)(H,18,21)/t13-/m1/s1. The lowest BCUT2D eigenvalue weighted by atomic mass is 10.00. The highest BCUT2D eigenvalue weighted by Crippen LogP contribution is 2.14. The Labute approximate surface area is 127 Å². The molecule has 5 nitrogen and oxygen atoms in total. The molecular formula is C16H27N3O2. The molecule has 0 unspecified atom stereocenters. The average Bonchev–Trinajstić information content (AvgIpc) is 2.45. The van der Waals surface area contributed by atoms with E-state index < -0.39 is 0 Å². The van der Waals surface area contributed by atoms with Crippen molar-refractivity contribution in [2.24, 2.45) is 5.92 Å². The fourth-order valence-corrected chi connectivity index (χ4v) is 2.25. The van der Waals surface area contributed by atoms with Crippen LogP contribution in [0, 0.1) is 5.92 Å². The molecule has 5 heteroatoms. The smallest absolute Gasteiger partial charge is 0.255 e. The van der Waals surface area contributed by atoms with Crippen molar-refractivity contribution >= 4 is 11.7 Å². The molecule has 0 aliphatic heterocycles. The first kappa shape index (κ1) is 17.4. The maximum Gasteiger partial charge on any atom is 0.255 e. The van der Waals surface area contributed by atoms with Gasteiger partial charge in [-0.3, -0.25) is 4.79 Å². The first-order chi connectivity index (χ1) is 10.1. The normalized spacial score (nSPS) is 12.2. The van der Waals surface area contributed by atoms with Crippen LogP contribution in [0.1, 0.15) is 50.4 Å². The van der Waals surface area contributed by atoms with Crippen LogP contribution < -0.4 is 10.6 Å². The molecule has 0 aliphatic rings. The summed E-state index contributed by atoms with van der Waals surface area (Å²) in [6.07, 6.45) is 4.45. The third-order valence-corrected chi connectivity index (χ3v) is 3.26. The summed E-state index contributed by atoms with van der Waals surface area (Å²) in [6.45, 7) is 6.87. The summed E-state index contributed by atoms with van der Waals surface area (Å²) in [4.78, 5) is 16.5. The van der Waals surface area contributed by atoms with Crippen LogP contribution in [0.5, 0.6) is 0 Å². The largest absolute Gasteiger partial charge is 0.396 e. The van der Waals surface area contributed by atoms with Crippen LogP contribution in [0.3, 0.4) is 0 Å². The third kappa shape index (κ3) is 6.12. The number of aliphatic hydroxyl groups excluding tert-OH is 1. The van der Waals surface area contributed by atoms with Gasteiger partial charge in [-0.1, -0.05) is 13.3 Å². The Bertz CT molecular complexity index is 429. The van der Waals surface area contributed by atoms with Crippen LogP contribution in [0.25, 0.3) is 0 Å². The van der Waals surface area contributed by atoms with Crippen molar-refractivity contribution in [2.45, 2.75) is 46.1 Å². The zero-order valence-electron chi connectivity index (χ0n) is 13.2. The van der Waals surface area contributed by atoms with E-state index in [9.17, 15) is 4.79 Å². The van der Waals surface area contributed by atoms with Crippen LogP contribution in [-0.2, 0) is 0 Å². The number of carbonyl (C=O) groups excluding carboxylic acids is 1. The number of rotatable bonds is 9. The molecule has 1 atom stereocenters. The number of hydrogen-bond acceptors (Lipinski definition) is 4. The van der Waals surface area contributed by atoms with Crippen LogP contribution >= 0.6 is 0 Å². The summed E-state index contributed by atoms with van der Waals surface area (Å²) < 4.78 is 0. The monoisotopic (exact) mass is 293 g/mol. The molecule has 1 aromatic rings. The maximum absolute atomic E-state index is 12.3. The van der Waals surface area contributed by atoms with E-state index in [1.165, 1.54) is 0 Å². The van der Waals surface area contributed by atoms with Crippen LogP contribution in [-0.4, -0.2) is 35.2 Å². The second-order valence-electron chi connectivity index (χ2n) is 5.58. The van der Waals surface area contributed by atoms with Gasteiger partial charge in [0.2, 0.25) is 0 Å². The van der Waals surface area contributed by atoms with Crippen LogP contribution in [0.15, 0.2) is 18.3 Å². The second kappa shape index (κ2) is 9.34. The summed E-state index contributed by atoms with van der Waals surface area (Å²) in [6, 6.07) is 3.75. The van der Waals surface area contributed by atoms with Gasteiger partial charge in [-0.2, -0.15) is 0 Å². The quantitative estimate of drug-likeness (QED) is 0.654. The van der Waals surface area contributed by atoms with Crippen molar-refractivity contribution in [3.8, 4) is 0 Å². The van der Waals surface area contributed by atoms with Crippen LogP contribution in [0.4, 0.5) is 5.82 Å². The van der Waals surface area contributed by atoms with Crippen molar-refractivity contribution < 1.29 is 9.90 Å². The minimum Gasteiger partial charge on any atom is -0.396 e. The zero-order valence-corrected chi connectivity index (χ0v) is 13.2. The number of aliphatic hydroxyl groups is 1. The molecule has 0 saturated carbocycles. The summed E-state index contributed by atoms with van der Waals surface area (Å²) in [7, 11) is 0. The van der Waals surface area contributed by atoms with Gasteiger partial charge in [0.1, 0.15) is 5.82 Å². The molecule has 3 N–H and O–H groups in total. The van der Waals surface area contributed by atoms with E-state index in [1.54, 1.807) is 18.3 Å². The van der Waals surface area contributed by atoms with E-state index >= 15 is 0 Å². The van der Waals surface area contributed by atoms with Crippen LogP contribution in [0.2, 0.25) is 0 Å². The highest BCUT2D eigenvalue weighted by atomic mass is 16.3. The van der Waals surface area contributed by atoms with Gasteiger partial charge in [-0.25, -0.2) is 4.98 Å². The van der Waals surface area contributed by atoms with Crippen molar-refractivity contribution in [2.75, 3.05) is 18.5 Å². The van der Waals surface area contributed by atoms with E-state index in [1.807, 2.05) is 13.8 Å². The van der Waals surface area contributed by atoms with Crippen molar-refractivity contribution in [3.63, 3.8) is 0 Å². The zero-order chi connectivity index (χ0) is 15.7. The molecule has 1 amide bonds. The summed E-state index contributed by atoms with van der Waals surface area (Å²) in [5.41, 5.74) is 0.561. The SMILES string of the molecule is CCC[C@H](CCO)CNC(=O)c1cccnc1NC(C)C. The van der Waals surface area contributed by atoms with E-state index in [0.29, 0.717) is 23.8 Å². The van der Waals surface area contributed by atoms with Crippen molar-refractivity contribution in [1.29, 1.82) is 0 Å². The van der Waals surface area contributed by atoms with E-state index in [2.05, 4.69) is 22.5 Å². The third-order valence-electron chi connectivity index (χ3n) is 3.26. The lowest BCUT2D eigenvalue weighted by Crippen LogP contribution is -2.31. The summed E-state index contributed by atoms with van der Waals surface area (Å²) in [5.74, 6) is 0.812. The highest BCUT2D eigenvalue weighted by Gasteiger charge is 2.14. The molecule has 0 bridgehead atoms. The van der Waals surface area contributed by atoms with Crippen molar-refractivity contribution in [1.82, 2.24) is 10.3 Å². The molecule has 118 valence electrons. The van der Waals surface area contributed by atoms with Gasteiger partial charge < -0.3 is 15.7 Å². The Hall–Kier alpha value is -1.62. The number of amides is 1. The molecule has 1 aromatic heterocycles. The number of carbonyl (C=O) groups is 1. The Balaban J connectivity index is 2.66. The minimum absolute atomic E-state index is 0.120. The maximum atomic E-state index is 12.3. The molecule has 0 radical (unpaired) electrons. The van der Waals surface area contributed by atoms with Gasteiger partial charge in [0, 0.05) is 25.4 Å². The molecule has 1 heterocycles. The van der Waals surface area contributed by atoms with E-state index in [-0.39, 0.29) is 18.6 Å². The number of anilines is 1. The minimum atomic E-state index is -0.120. The molecular weight excluding hydrogens is 266 g/mol. The van der Waals surface area contributed by atoms with Crippen molar-refractivity contribution in [3.05, 3.63) is 23.9 Å². The molecule has 1 rings (SSSR count). The molecule has 0 fully saturated rings. The highest BCUT2D eigenvalue weighted by molar-refractivity contribution is 5.98. The Kier molecular flexibility index (Phi) is 7.75. The Morgan fingerprint density at radius 3 is 2.76 bits per heavy atom. The van der Waals surface area contributed by atoms with Gasteiger partial charge in [0.15, 0.2) is 0 Å². The molecule has 0 aliphatic carbocycles. The first-order valence-corrected chi connectivity index (χ1v) is 7.69. The van der Waals surface area contributed by atoms with Gasteiger partial charge in [-0.15, -0.1) is 0 Å². The lowest BCUT2D eigenvalue weighted by molar-refractivity contribution is 0.0943. The van der Waals surface area contributed by atoms with E-state index in [4.69, 9.17) is 5.11 Å². The predicted octanol–water partition coefficient (Wildman–Crippen LogP) is 2.43. The van der Waals surface area contributed by atoms with Gasteiger partial charge in [-0.05, 0) is 44.7 Å². The number of pyridine rings is 1. The van der Waals surface area contributed by atoms with E-state index in [0.717, 1.165) is 19.3 Å². The number of nitrogens with one attached hydrogen (secondary N) is 2. The Morgan fingerprint density at radius 1 is 1.38 bits per heavy atom. The lowest BCUT2D eigenvalue weighted by Gasteiger charge is -2.17. The first-order valence-electron chi connectivity index (χ1n) is 7.69.